The number of aromatic nitrogens is 2. The SMILES string of the molecule is Cc1c(-c2ccccc2)[nH]c(CSC2CCCC2)nc1=S. The average Bonchev–Trinajstić information content (AvgIpc) is 3.02. The van der Waals surface area contributed by atoms with Crippen molar-refractivity contribution in [2.24, 2.45) is 0 Å². The van der Waals surface area contributed by atoms with Crippen molar-refractivity contribution >= 4 is 24.0 Å². The van der Waals surface area contributed by atoms with Crippen LogP contribution in [-0.2, 0) is 5.75 Å². The molecule has 110 valence electrons. The van der Waals surface area contributed by atoms with Gasteiger partial charge in [0.1, 0.15) is 10.5 Å². The molecule has 21 heavy (non-hydrogen) atoms. The lowest BCUT2D eigenvalue weighted by Gasteiger charge is -2.12. The summed E-state index contributed by atoms with van der Waals surface area (Å²) in [6, 6.07) is 10.4. The normalized spacial score (nSPS) is 15.5. The van der Waals surface area contributed by atoms with E-state index >= 15 is 0 Å². The maximum absolute atomic E-state index is 5.44. The summed E-state index contributed by atoms with van der Waals surface area (Å²) < 4.78 is 0.717. The van der Waals surface area contributed by atoms with Crippen LogP contribution < -0.4 is 0 Å². The molecule has 1 aromatic carbocycles. The van der Waals surface area contributed by atoms with Gasteiger partial charge in [-0.15, -0.1) is 0 Å². The van der Waals surface area contributed by atoms with Crippen LogP contribution in [0, 0.1) is 11.6 Å². The Morgan fingerprint density at radius 2 is 1.95 bits per heavy atom. The molecular formula is C17H20N2S2. The molecule has 1 aliphatic rings. The van der Waals surface area contributed by atoms with Gasteiger partial charge in [-0.3, -0.25) is 0 Å². The van der Waals surface area contributed by atoms with Gasteiger partial charge in [-0.2, -0.15) is 11.8 Å². The Bertz CT molecular complexity index is 658. The predicted octanol–water partition coefficient (Wildman–Crippen LogP) is 5.29. The van der Waals surface area contributed by atoms with Gasteiger partial charge in [0.15, 0.2) is 0 Å². The number of thioether (sulfide) groups is 1. The van der Waals surface area contributed by atoms with E-state index in [-0.39, 0.29) is 0 Å². The molecule has 2 aromatic rings. The Balaban J connectivity index is 1.85. The van der Waals surface area contributed by atoms with Crippen molar-refractivity contribution in [2.45, 2.75) is 43.6 Å². The van der Waals surface area contributed by atoms with Crippen LogP contribution in [0.25, 0.3) is 11.3 Å². The highest BCUT2D eigenvalue weighted by molar-refractivity contribution is 7.99. The molecule has 0 bridgehead atoms. The molecule has 0 saturated heterocycles. The molecule has 1 saturated carbocycles. The summed E-state index contributed by atoms with van der Waals surface area (Å²) in [5.74, 6) is 1.93. The molecule has 1 aromatic heterocycles. The summed E-state index contributed by atoms with van der Waals surface area (Å²) in [6.45, 7) is 2.04. The van der Waals surface area contributed by atoms with E-state index in [2.05, 4.69) is 34.2 Å². The minimum absolute atomic E-state index is 0.717. The second-order valence-corrected chi connectivity index (χ2v) is 7.25. The second kappa shape index (κ2) is 6.75. The van der Waals surface area contributed by atoms with Crippen molar-refractivity contribution in [3.05, 3.63) is 46.4 Å². The molecular weight excluding hydrogens is 296 g/mol. The monoisotopic (exact) mass is 316 g/mol. The van der Waals surface area contributed by atoms with Crippen molar-refractivity contribution in [2.75, 3.05) is 0 Å². The molecule has 3 rings (SSSR count). The van der Waals surface area contributed by atoms with Gasteiger partial charge in [0.05, 0.1) is 11.4 Å². The van der Waals surface area contributed by atoms with Crippen LogP contribution in [-0.4, -0.2) is 15.2 Å². The van der Waals surface area contributed by atoms with Gasteiger partial charge in [0.25, 0.3) is 0 Å². The van der Waals surface area contributed by atoms with E-state index in [9.17, 15) is 0 Å². The Labute approximate surface area is 135 Å². The number of hydrogen-bond donors (Lipinski definition) is 1. The summed E-state index contributed by atoms with van der Waals surface area (Å²) in [5.41, 5.74) is 3.35. The number of hydrogen-bond acceptors (Lipinski definition) is 3. The fraction of sp³-hybridized carbons (Fsp3) is 0.412. The standard InChI is InChI=1S/C17H20N2S2/c1-12-16(13-7-3-2-4-8-13)18-15(19-17(12)20)11-21-14-9-5-6-10-14/h2-4,7-8,14H,5-6,9-11H2,1H3,(H,18,19,20). The average molecular weight is 316 g/mol. The topological polar surface area (TPSA) is 28.7 Å². The number of rotatable bonds is 4. The van der Waals surface area contributed by atoms with Crippen LogP contribution >= 0.6 is 24.0 Å². The molecule has 4 heteroatoms. The largest absolute Gasteiger partial charge is 0.342 e. The molecule has 0 aliphatic heterocycles. The zero-order valence-electron chi connectivity index (χ0n) is 12.3. The van der Waals surface area contributed by atoms with Gasteiger partial charge in [0, 0.05) is 10.8 Å². The maximum atomic E-state index is 5.44. The predicted molar refractivity (Wildman–Crippen MR) is 93.1 cm³/mol. The molecule has 0 amide bonds. The fourth-order valence-corrected chi connectivity index (χ4v) is 4.20. The molecule has 1 heterocycles. The Morgan fingerprint density at radius 1 is 1.24 bits per heavy atom. The lowest BCUT2D eigenvalue weighted by atomic mass is 10.1. The second-order valence-electron chi connectivity index (χ2n) is 5.57. The lowest BCUT2D eigenvalue weighted by molar-refractivity contribution is 0.886. The zero-order valence-corrected chi connectivity index (χ0v) is 13.9. The van der Waals surface area contributed by atoms with E-state index in [4.69, 9.17) is 12.2 Å². The van der Waals surface area contributed by atoms with Crippen LogP contribution in [0.5, 0.6) is 0 Å². The van der Waals surface area contributed by atoms with Gasteiger partial charge < -0.3 is 4.98 Å². The Hall–Kier alpha value is -1.13. The minimum Gasteiger partial charge on any atom is -0.342 e. The van der Waals surface area contributed by atoms with Gasteiger partial charge in [-0.05, 0) is 25.3 Å². The van der Waals surface area contributed by atoms with Crippen LogP contribution in [0.15, 0.2) is 30.3 Å². The molecule has 1 N–H and O–H groups in total. The van der Waals surface area contributed by atoms with E-state index in [1.54, 1.807) is 0 Å². The van der Waals surface area contributed by atoms with E-state index in [0.717, 1.165) is 32.7 Å². The summed E-state index contributed by atoms with van der Waals surface area (Å²) in [6.07, 6.45) is 5.46. The summed E-state index contributed by atoms with van der Waals surface area (Å²) in [4.78, 5) is 8.05. The molecule has 0 atom stereocenters. The first-order valence-electron chi connectivity index (χ1n) is 7.51. The number of aromatic amines is 1. The van der Waals surface area contributed by atoms with Gasteiger partial charge in [-0.25, -0.2) is 4.98 Å². The Kier molecular flexibility index (Phi) is 4.76. The third-order valence-corrected chi connectivity index (χ3v) is 5.80. The van der Waals surface area contributed by atoms with E-state index in [1.807, 2.05) is 24.8 Å². The highest BCUT2D eigenvalue weighted by Gasteiger charge is 2.16. The fourth-order valence-electron chi connectivity index (χ4n) is 2.79. The molecule has 0 unspecified atom stereocenters. The van der Waals surface area contributed by atoms with Crippen molar-refractivity contribution in [1.29, 1.82) is 0 Å². The van der Waals surface area contributed by atoms with Gasteiger partial charge >= 0.3 is 0 Å². The zero-order chi connectivity index (χ0) is 14.7. The maximum Gasteiger partial charge on any atom is 0.133 e. The van der Waals surface area contributed by atoms with Crippen LogP contribution in [0.3, 0.4) is 0 Å². The van der Waals surface area contributed by atoms with Crippen molar-refractivity contribution in [1.82, 2.24) is 9.97 Å². The smallest absolute Gasteiger partial charge is 0.133 e. The minimum atomic E-state index is 0.717. The van der Waals surface area contributed by atoms with Crippen molar-refractivity contribution in [3.8, 4) is 11.3 Å². The summed E-state index contributed by atoms with van der Waals surface area (Å²) in [7, 11) is 0. The highest BCUT2D eigenvalue weighted by Crippen LogP contribution is 2.31. The van der Waals surface area contributed by atoms with Gasteiger partial charge in [-0.1, -0.05) is 55.4 Å². The third-order valence-electron chi connectivity index (χ3n) is 4.02. The summed E-state index contributed by atoms with van der Waals surface area (Å²) in [5, 5.41) is 0.801. The molecule has 1 aliphatic carbocycles. The van der Waals surface area contributed by atoms with E-state index < -0.39 is 0 Å². The van der Waals surface area contributed by atoms with Crippen LogP contribution in [0.2, 0.25) is 0 Å². The molecule has 0 spiro atoms. The lowest BCUT2D eigenvalue weighted by Crippen LogP contribution is -2.02. The van der Waals surface area contributed by atoms with E-state index in [0.29, 0.717) is 0 Å². The Morgan fingerprint density at radius 3 is 2.67 bits per heavy atom. The third kappa shape index (κ3) is 3.55. The van der Waals surface area contributed by atoms with Crippen molar-refractivity contribution in [3.63, 3.8) is 0 Å². The quantitative estimate of drug-likeness (QED) is 0.777. The van der Waals surface area contributed by atoms with E-state index in [1.165, 1.54) is 31.2 Å². The van der Waals surface area contributed by atoms with Crippen LogP contribution in [0.1, 0.15) is 37.1 Å². The summed E-state index contributed by atoms with van der Waals surface area (Å²) >= 11 is 7.45. The number of benzene rings is 1. The number of H-pyrrole nitrogens is 1. The highest BCUT2D eigenvalue weighted by atomic mass is 32.2. The number of nitrogens with one attached hydrogen (secondary N) is 1. The first-order valence-corrected chi connectivity index (χ1v) is 8.96. The molecule has 1 fully saturated rings. The van der Waals surface area contributed by atoms with Crippen LogP contribution in [0.4, 0.5) is 0 Å². The first-order chi connectivity index (χ1) is 10.2. The van der Waals surface area contributed by atoms with Crippen molar-refractivity contribution < 1.29 is 0 Å². The van der Waals surface area contributed by atoms with Gasteiger partial charge in [0.2, 0.25) is 0 Å². The number of nitrogens with zero attached hydrogens (tertiary/aromatic N) is 1. The molecule has 0 radical (unpaired) electrons. The first kappa shape index (κ1) is 14.8. The molecule has 2 nitrogen and oxygen atoms in total.